The molecule has 1 atom stereocenters. The molecule has 0 N–H and O–H groups in total. The van der Waals surface area contributed by atoms with Gasteiger partial charge in [-0.15, -0.1) is 0 Å². The van der Waals surface area contributed by atoms with Gasteiger partial charge in [-0.3, -0.25) is 4.99 Å². The highest BCUT2D eigenvalue weighted by Gasteiger charge is 2.23. The minimum atomic E-state index is 0.102. The third-order valence-corrected chi connectivity index (χ3v) is 4.21. The summed E-state index contributed by atoms with van der Waals surface area (Å²) in [5.41, 5.74) is 3.93. The van der Waals surface area contributed by atoms with Crippen LogP contribution in [0.1, 0.15) is 22.7 Å². The molecule has 0 aromatic heterocycles. The van der Waals surface area contributed by atoms with E-state index in [-0.39, 0.29) is 6.04 Å². The van der Waals surface area contributed by atoms with E-state index < -0.39 is 0 Å². The summed E-state index contributed by atoms with van der Waals surface area (Å²) < 4.78 is 1.10. The van der Waals surface area contributed by atoms with Crippen molar-refractivity contribution in [1.29, 1.82) is 0 Å². The summed E-state index contributed by atoms with van der Waals surface area (Å²) in [6.07, 6.45) is 0.913. The van der Waals surface area contributed by atoms with Crippen LogP contribution in [0.4, 0.5) is 0 Å². The van der Waals surface area contributed by atoms with Crippen LogP contribution in [0.2, 0.25) is 0 Å². The van der Waals surface area contributed by atoms with Crippen molar-refractivity contribution in [2.75, 3.05) is 14.1 Å². The van der Waals surface area contributed by atoms with Crippen molar-refractivity contribution in [3.05, 3.63) is 69.7 Å². The molecule has 0 amide bonds. The van der Waals surface area contributed by atoms with Crippen molar-refractivity contribution >= 4 is 21.8 Å². The Morgan fingerprint density at radius 3 is 2.45 bits per heavy atom. The lowest BCUT2D eigenvalue weighted by atomic mass is 9.90. The van der Waals surface area contributed by atoms with E-state index in [9.17, 15) is 0 Å². The average molecular weight is 329 g/mol. The van der Waals surface area contributed by atoms with E-state index in [0.717, 1.165) is 16.7 Å². The standard InChI is InChI=1S/C17H17BrN2/c1-20(2)16-11-13-5-3-4-6-15(13)17(19-16)12-7-9-14(18)10-8-12/h3-10,17H,11H2,1-2H3. The maximum atomic E-state index is 4.95. The molecule has 2 aromatic carbocycles. The average Bonchev–Trinajstić information content (AvgIpc) is 2.47. The Labute approximate surface area is 128 Å². The summed E-state index contributed by atoms with van der Waals surface area (Å²) in [7, 11) is 4.12. The maximum Gasteiger partial charge on any atom is 0.104 e. The molecule has 2 nitrogen and oxygen atoms in total. The van der Waals surface area contributed by atoms with Gasteiger partial charge in [-0.05, 0) is 28.8 Å². The number of benzene rings is 2. The number of aliphatic imine (C=N–C) groups is 1. The lowest BCUT2D eigenvalue weighted by molar-refractivity contribution is 0.592. The Balaban J connectivity index is 2.09. The number of hydrogen-bond donors (Lipinski definition) is 0. The van der Waals surface area contributed by atoms with Gasteiger partial charge in [0, 0.05) is 25.0 Å². The van der Waals surface area contributed by atoms with Crippen molar-refractivity contribution in [3.8, 4) is 0 Å². The molecule has 0 bridgehead atoms. The highest BCUT2D eigenvalue weighted by atomic mass is 79.9. The second-order valence-electron chi connectivity index (χ2n) is 5.27. The van der Waals surface area contributed by atoms with Gasteiger partial charge < -0.3 is 4.90 Å². The van der Waals surface area contributed by atoms with Crippen molar-refractivity contribution in [3.63, 3.8) is 0 Å². The largest absolute Gasteiger partial charge is 0.366 e. The molecule has 0 aliphatic carbocycles. The number of nitrogens with zero attached hydrogens (tertiary/aromatic N) is 2. The van der Waals surface area contributed by atoms with Gasteiger partial charge >= 0.3 is 0 Å². The third-order valence-electron chi connectivity index (χ3n) is 3.68. The summed E-state index contributed by atoms with van der Waals surface area (Å²) in [5, 5.41) is 0. The summed E-state index contributed by atoms with van der Waals surface area (Å²) in [4.78, 5) is 7.06. The molecule has 1 aliphatic rings. The van der Waals surface area contributed by atoms with Gasteiger partial charge in [0.2, 0.25) is 0 Å². The van der Waals surface area contributed by atoms with Crippen LogP contribution in [0.5, 0.6) is 0 Å². The highest BCUT2D eigenvalue weighted by molar-refractivity contribution is 9.10. The molecule has 0 fully saturated rings. The Bertz CT molecular complexity index is 644. The van der Waals surface area contributed by atoms with Crippen LogP contribution in [0, 0.1) is 0 Å². The van der Waals surface area contributed by atoms with Gasteiger partial charge in [-0.1, -0.05) is 52.3 Å². The first kappa shape index (κ1) is 13.4. The summed E-state index contributed by atoms with van der Waals surface area (Å²) in [6, 6.07) is 17.2. The summed E-state index contributed by atoms with van der Waals surface area (Å²) >= 11 is 3.49. The lowest BCUT2D eigenvalue weighted by Crippen LogP contribution is -2.28. The molecule has 0 saturated carbocycles. The Hall–Kier alpha value is -1.61. The van der Waals surface area contributed by atoms with Crippen molar-refractivity contribution < 1.29 is 0 Å². The second kappa shape index (κ2) is 5.41. The molecule has 0 saturated heterocycles. The van der Waals surface area contributed by atoms with Gasteiger partial charge in [0.05, 0.1) is 0 Å². The fourth-order valence-corrected chi connectivity index (χ4v) is 2.83. The van der Waals surface area contributed by atoms with Gasteiger partial charge in [-0.25, -0.2) is 0 Å². The smallest absolute Gasteiger partial charge is 0.104 e. The fraction of sp³-hybridized carbons (Fsp3) is 0.235. The number of amidine groups is 1. The number of fused-ring (bicyclic) bond motifs is 1. The van der Waals surface area contributed by atoms with Crippen LogP contribution in [-0.4, -0.2) is 24.8 Å². The molecular formula is C17H17BrN2. The Morgan fingerprint density at radius 1 is 1.05 bits per heavy atom. The molecule has 0 spiro atoms. The molecule has 1 heterocycles. The zero-order valence-electron chi connectivity index (χ0n) is 11.7. The molecule has 3 rings (SSSR count). The van der Waals surface area contributed by atoms with E-state index in [1.807, 2.05) is 0 Å². The first-order valence-corrected chi connectivity index (χ1v) is 7.51. The normalized spacial score (nSPS) is 17.4. The molecule has 1 unspecified atom stereocenters. The van der Waals surface area contributed by atoms with E-state index in [1.54, 1.807) is 0 Å². The van der Waals surface area contributed by atoms with E-state index in [1.165, 1.54) is 16.7 Å². The maximum absolute atomic E-state index is 4.95. The number of halogens is 1. The Kier molecular flexibility index (Phi) is 3.62. The Morgan fingerprint density at radius 2 is 1.75 bits per heavy atom. The molecule has 3 heteroatoms. The number of rotatable bonds is 1. The van der Waals surface area contributed by atoms with Gasteiger partial charge in [0.15, 0.2) is 0 Å². The quantitative estimate of drug-likeness (QED) is 0.770. The molecule has 20 heavy (non-hydrogen) atoms. The second-order valence-corrected chi connectivity index (χ2v) is 6.19. The van der Waals surface area contributed by atoms with Crippen LogP contribution in [0.15, 0.2) is 58.0 Å². The molecule has 0 radical (unpaired) electrons. The van der Waals surface area contributed by atoms with Gasteiger partial charge in [0.1, 0.15) is 11.9 Å². The minimum absolute atomic E-state index is 0.102. The van der Waals surface area contributed by atoms with Crippen molar-refractivity contribution in [1.82, 2.24) is 4.90 Å². The van der Waals surface area contributed by atoms with Crippen LogP contribution in [-0.2, 0) is 6.42 Å². The first-order chi connectivity index (χ1) is 9.65. The van der Waals surface area contributed by atoms with Crippen molar-refractivity contribution in [2.24, 2.45) is 4.99 Å². The topological polar surface area (TPSA) is 15.6 Å². The number of hydrogen-bond acceptors (Lipinski definition) is 2. The van der Waals surface area contributed by atoms with E-state index >= 15 is 0 Å². The zero-order valence-corrected chi connectivity index (χ0v) is 13.3. The van der Waals surface area contributed by atoms with Crippen LogP contribution < -0.4 is 0 Å². The monoisotopic (exact) mass is 328 g/mol. The fourth-order valence-electron chi connectivity index (χ4n) is 2.57. The summed E-state index contributed by atoms with van der Waals surface area (Å²) in [6.45, 7) is 0. The molecular weight excluding hydrogens is 312 g/mol. The van der Waals surface area contributed by atoms with E-state index in [4.69, 9.17) is 4.99 Å². The van der Waals surface area contributed by atoms with Crippen LogP contribution in [0.3, 0.4) is 0 Å². The molecule has 2 aromatic rings. The molecule has 102 valence electrons. The minimum Gasteiger partial charge on any atom is -0.366 e. The van der Waals surface area contributed by atoms with Gasteiger partial charge in [-0.2, -0.15) is 0 Å². The highest BCUT2D eigenvalue weighted by Crippen LogP contribution is 2.33. The zero-order chi connectivity index (χ0) is 14.1. The van der Waals surface area contributed by atoms with E-state index in [0.29, 0.717) is 0 Å². The van der Waals surface area contributed by atoms with Crippen molar-refractivity contribution in [2.45, 2.75) is 12.5 Å². The lowest BCUT2D eigenvalue weighted by Gasteiger charge is -2.27. The predicted octanol–water partition coefficient (Wildman–Crippen LogP) is 4.05. The number of likely N-dealkylation sites (N-methyl/N-ethyl adjacent to an activating group) is 1. The SMILES string of the molecule is CN(C)C1=NC(c2ccc(Br)cc2)c2ccccc2C1. The van der Waals surface area contributed by atoms with Gasteiger partial charge in [0.25, 0.3) is 0 Å². The predicted molar refractivity (Wildman–Crippen MR) is 87.3 cm³/mol. The third kappa shape index (κ3) is 2.50. The molecule has 1 aliphatic heterocycles. The first-order valence-electron chi connectivity index (χ1n) is 6.72. The summed E-state index contributed by atoms with van der Waals surface area (Å²) in [5.74, 6) is 1.14. The van der Waals surface area contributed by atoms with E-state index in [2.05, 4.69) is 83.5 Å². The van der Waals surface area contributed by atoms with Crippen LogP contribution >= 0.6 is 15.9 Å². The van der Waals surface area contributed by atoms with Crippen LogP contribution in [0.25, 0.3) is 0 Å².